The number of nitro benzene ring substituents is 2. The molecule has 2 aromatic rings. The summed E-state index contributed by atoms with van der Waals surface area (Å²) in [5.41, 5.74) is -0.247. The van der Waals surface area contributed by atoms with E-state index < -0.39 is 16.5 Å². The normalized spacial score (nSPS) is 10.1. The third kappa shape index (κ3) is 3.31. The second-order valence-corrected chi connectivity index (χ2v) is 4.06. The van der Waals surface area contributed by atoms with Crippen molar-refractivity contribution in [3.8, 4) is 11.5 Å². The van der Waals surface area contributed by atoms with Gasteiger partial charge in [-0.3, -0.25) is 20.2 Å². The molecule has 0 spiro atoms. The number of ether oxygens (including phenoxy) is 1. The maximum atomic E-state index is 10.7. The van der Waals surface area contributed by atoms with Gasteiger partial charge in [0.25, 0.3) is 11.4 Å². The Kier molecular flexibility index (Phi) is 4.10. The zero-order chi connectivity index (χ0) is 15.4. The number of nitrogens with zero attached hydrogens (tertiary/aromatic N) is 2. The maximum Gasteiger partial charge on any atom is 0.275 e. The van der Waals surface area contributed by atoms with Crippen LogP contribution in [0.3, 0.4) is 0 Å². The summed E-state index contributed by atoms with van der Waals surface area (Å²) in [4.78, 5) is 20.3. The van der Waals surface area contributed by atoms with Gasteiger partial charge < -0.3 is 9.84 Å². The summed E-state index contributed by atoms with van der Waals surface area (Å²) >= 11 is 0. The molecule has 108 valence electrons. The molecule has 1 N–H and O–H groups in total. The highest BCUT2D eigenvalue weighted by Gasteiger charge is 2.14. The topological polar surface area (TPSA) is 116 Å². The SMILES string of the molecule is O=[N+]([O-])c1cccc(Oc2ccc([N+](=O)[O-])c(CO)c2)c1. The van der Waals surface area contributed by atoms with Crippen LogP contribution in [0.4, 0.5) is 11.4 Å². The lowest BCUT2D eigenvalue weighted by molar-refractivity contribution is -0.385. The monoisotopic (exact) mass is 290 g/mol. The van der Waals surface area contributed by atoms with E-state index in [0.29, 0.717) is 0 Å². The van der Waals surface area contributed by atoms with Crippen LogP contribution in [0, 0.1) is 20.2 Å². The van der Waals surface area contributed by atoms with E-state index in [2.05, 4.69) is 0 Å². The average molecular weight is 290 g/mol. The summed E-state index contributed by atoms with van der Waals surface area (Å²) in [5, 5.41) is 30.5. The van der Waals surface area contributed by atoms with Crippen molar-refractivity contribution in [3.63, 3.8) is 0 Å². The zero-order valence-corrected chi connectivity index (χ0v) is 10.6. The van der Waals surface area contributed by atoms with E-state index in [0.717, 1.165) is 0 Å². The van der Waals surface area contributed by atoms with Gasteiger partial charge in [-0.1, -0.05) is 6.07 Å². The van der Waals surface area contributed by atoms with Gasteiger partial charge in [0.1, 0.15) is 11.5 Å². The quantitative estimate of drug-likeness (QED) is 0.668. The smallest absolute Gasteiger partial charge is 0.275 e. The van der Waals surface area contributed by atoms with Gasteiger partial charge >= 0.3 is 0 Å². The minimum Gasteiger partial charge on any atom is -0.457 e. The molecule has 21 heavy (non-hydrogen) atoms. The van der Waals surface area contributed by atoms with E-state index in [1.165, 1.54) is 42.5 Å². The van der Waals surface area contributed by atoms with E-state index in [1.807, 2.05) is 0 Å². The molecular formula is C13H10N2O6. The molecule has 0 unspecified atom stereocenters. The van der Waals surface area contributed by atoms with Crippen LogP contribution in [-0.4, -0.2) is 15.0 Å². The highest BCUT2D eigenvalue weighted by atomic mass is 16.6. The molecule has 0 saturated carbocycles. The number of hydrogen-bond donors (Lipinski definition) is 1. The van der Waals surface area contributed by atoms with Gasteiger partial charge in [0, 0.05) is 12.1 Å². The fourth-order valence-corrected chi connectivity index (χ4v) is 1.73. The average Bonchev–Trinajstić information content (AvgIpc) is 2.47. The van der Waals surface area contributed by atoms with Crippen molar-refractivity contribution < 1.29 is 19.7 Å². The van der Waals surface area contributed by atoms with Crippen LogP contribution < -0.4 is 4.74 Å². The number of nitro groups is 2. The summed E-state index contributed by atoms with van der Waals surface area (Å²) < 4.78 is 5.41. The Bertz CT molecular complexity index is 701. The summed E-state index contributed by atoms with van der Waals surface area (Å²) in [6.07, 6.45) is 0. The van der Waals surface area contributed by atoms with E-state index in [9.17, 15) is 20.2 Å². The molecule has 8 heteroatoms. The molecule has 0 heterocycles. The molecule has 8 nitrogen and oxygen atoms in total. The summed E-state index contributed by atoms with van der Waals surface area (Å²) in [6, 6.07) is 9.42. The number of hydrogen-bond acceptors (Lipinski definition) is 6. The standard InChI is InChI=1S/C13H10N2O6/c16-8-9-6-12(4-5-13(9)15(19)20)21-11-3-1-2-10(7-11)14(17)18/h1-7,16H,8H2. The van der Waals surface area contributed by atoms with E-state index in [4.69, 9.17) is 9.84 Å². The van der Waals surface area contributed by atoms with Crippen molar-refractivity contribution >= 4 is 11.4 Å². The molecule has 2 aromatic carbocycles. The Morgan fingerprint density at radius 3 is 2.33 bits per heavy atom. The first-order chi connectivity index (χ1) is 10.0. The van der Waals surface area contributed by atoms with Crippen LogP contribution in [0.1, 0.15) is 5.56 Å². The summed E-state index contributed by atoms with van der Waals surface area (Å²) in [5.74, 6) is 0.465. The number of aliphatic hydroxyl groups excluding tert-OH is 1. The van der Waals surface area contributed by atoms with Crippen molar-refractivity contribution in [2.45, 2.75) is 6.61 Å². The van der Waals surface area contributed by atoms with Crippen LogP contribution in [0.15, 0.2) is 42.5 Å². The molecule has 0 saturated heterocycles. The van der Waals surface area contributed by atoms with Crippen LogP contribution in [-0.2, 0) is 6.61 Å². The molecule has 0 aliphatic rings. The van der Waals surface area contributed by atoms with Gasteiger partial charge in [0.05, 0.1) is 28.1 Å². The van der Waals surface area contributed by atoms with Crippen molar-refractivity contribution in [1.82, 2.24) is 0 Å². The molecule has 0 aromatic heterocycles. The number of aliphatic hydroxyl groups is 1. The van der Waals surface area contributed by atoms with Crippen LogP contribution in [0.2, 0.25) is 0 Å². The molecule has 0 amide bonds. The Morgan fingerprint density at radius 1 is 1.00 bits per heavy atom. The van der Waals surface area contributed by atoms with Gasteiger partial charge in [-0.25, -0.2) is 0 Å². The van der Waals surface area contributed by atoms with Gasteiger partial charge in [0.2, 0.25) is 0 Å². The van der Waals surface area contributed by atoms with Crippen LogP contribution in [0.5, 0.6) is 11.5 Å². The molecule has 2 rings (SSSR count). The molecule has 0 aliphatic heterocycles. The van der Waals surface area contributed by atoms with Crippen molar-refractivity contribution in [2.24, 2.45) is 0 Å². The Hall–Kier alpha value is -3.00. The second kappa shape index (κ2) is 5.97. The molecule has 0 fully saturated rings. The summed E-state index contributed by atoms with van der Waals surface area (Å²) in [6.45, 7) is -0.511. The number of benzene rings is 2. The fourth-order valence-electron chi connectivity index (χ4n) is 1.73. The molecule has 0 radical (unpaired) electrons. The lowest BCUT2D eigenvalue weighted by atomic mass is 10.2. The Labute approximate surface area is 118 Å². The first kappa shape index (κ1) is 14.4. The predicted molar refractivity (Wildman–Crippen MR) is 72.2 cm³/mol. The Balaban J connectivity index is 2.29. The number of rotatable bonds is 5. The van der Waals surface area contributed by atoms with E-state index in [-0.39, 0.29) is 28.4 Å². The van der Waals surface area contributed by atoms with Crippen molar-refractivity contribution in [1.29, 1.82) is 0 Å². The van der Waals surface area contributed by atoms with Gasteiger partial charge in [-0.05, 0) is 18.2 Å². The maximum absolute atomic E-state index is 10.7. The van der Waals surface area contributed by atoms with Gasteiger partial charge in [0.15, 0.2) is 0 Å². The second-order valence-electron chi connectivity index (χ2n) is 4.06. The van der Waals surface area contributed by atoms with Gasteiger partial charge in [-0.15, -0.1) is 0 Å². The minimum absolute atomic E-state index is 0.0999. The summed E-state index contributed by atoms with van der Waals surface area (Å²) in [7, 11) is 0. The van der Waals surface area contributed by atoms with Crippen molar-refractivity contribution in [3.05, 3.63) is 68.3 Å². The molecule has 0 aliphatic carbocycles. The predicted octanol–water partition coefficient (Wildman–Crippen LogP) is 2.79. The number of non-ortho nitro benzene ring substituents is 1. The molecule has 0 atom stereocenters. The van der Waals surface area contributed by atoms with Crippen LogP contribution >= 0.6 is 0 Å². The van der Waals surface area contributed by atoms with Crippen molar-refractivity contribution in [2.75, 3.05) is 0 Å². The van der Waals surface area contributed by atoms with E-state index in [1.54, 1.807) is 0 Å². The zero-order valence-electron chi connectivity index (χ0n) is 10.6. The van der Waals surface area contributed by atoms with E-state index >= 15 is 0 Å². The third-order valence-electron chi connectivity index (χ3n) is 2.68. The van der Waals surface area contributed by atoms with Gasteiger partial charge in [-0.2, -0.15) is 0 Å². The highest BCUT2D eigenvalue weighted by Crippen LogP contribution is 2.29. The third-order valence-corrected chi connectivity index (χ3v) is 2.68. The first-order valence-electron chi connectivity index (χ1n) is 5.81. The fraction of sp³-hybridized carbons (Fsp3) is 0.0769. The molecule has 0 bridgehead atoms. The largest absolute Gasteiger partial charge is 0.457 e. The highest BCUT2D eigenvalue weighted by molar-refractivity contribution is 5.47. The van der Waals surface area contributed by atoms with Crippen LogP contribution in [0.25, 0.3) is 0 Å². The Morgan fingerprint density at radius 2 is 1.71 bits per heavy atom. The lowest BCUT2D eigenvalue weighted by Gasteiger charge is -2.07. The molecular weight excluding hydrogens is 280 g/mol. The first-order valence-corrected chi connectivity index (χ1v) is 5.81. The lowest BCUT2D eigenvalue weighted by Crippen LogP contribution is -1.96. The minimum atomic E-state index is -0.608.